The first-order chi connectivity index (χ1) is 6.42. The van der Waals surface area contributed by atoms with Crippen LogP contribution in [-0.4, -0.2) is 0 Å². The summed E-state index contributed by atoms with van der Waals surface area (Å²) in [5.41, 5.74) is 3.39. The Hall–Kier alpha value is -0.780. The molecule has 0 amide bonds. The van der Waals surface area contributed by atoms with Crippen LogP contribution in [0.5, 0.6) is 0 Å². The van der Waals surface area contributed by atoms with E-state index in [4.69, 9.17) is 0 Å². The standard InChI is InChI=1S/C13H18/c1-2-6-11-8-5-9-12-7-3-4-10-13(11)12/h2,4,10-11H,1,3,5-9H2. The molecule has 0 fully saturated rings. The van der Waals surface area contributed by atoms with Gasteiger partial charge in [-0.05, 0) is 50.0 Å². The highest BCUT2D eigenvalue weighted by Crippen LogP contribution is 2.37. The Kier molecular flexibility index (Phi) is 2.68. The monoisotopic (exact) mass is 174 g/mol. The van der Waals surface area contributed by atoms with Gasteiger partial charge in [0.2, 0.25) is 0 Å². The lowest BCUT2D eigenvalue weighted by Gasteiger charge is -2.28. The molecule has 0 aromatic rings. The highest BCUT2D eigenvalue weighted by Gasteiger charge is 2.21. The Balaban J connectivity index is 2.20. The van der Waals surface area contributed by atoms with E-state index in [-0.39, 0.29) is 0 Å². The second-order valence-corrected chi connectivity index (χ2v) is 4.11. The molecule has 2 aliphatic carbocycles. The third-order valence-electron chi connectivity index (χ3n) is 3.24. The zero-order chi connectivity index (χ0) is 9.10. The van der Waals surface area contributed by atoms with E-state index in [2.05, 4.69) is 24.8 Å². The Morgan fingerprint density at radius 2 is 2.38 bits per heavy atom. The predicted octanol–water partition coefficient (Wildman–Crippen LogP) is 4.01. The average molecular weight is 174 g/mol. The number of hydrogen-bond acceptors (Lipinski definition) is 0. The van der Waals surface area contributed by atoms with Crippen molar-refractivity contribution in [1.29, 1.82) is 0 Å². The SMILES string of the molecule is C=CCC1CCCC2=C1C=CCC2. The van der Waals surface area contributed by atoms with Crippen molar-refractivity contribution < 1.29 is 0 Å². The van der Waals surface area contributed by atoms with Crippen LogP contribution >= 0.6 is 0 Å². The maximum Gasteiger partial charge on any atom is -0.0128 e. The molecule has 0 heterocycles. The lowest BCUT2D eigenvalue weighted by atomic mass is 9.77. The molecule has 0 saturated heterocycles. The van der Waals surface area contributed by atoms with Gasteiger partial charge < -0.3 is 0 Å². The molecule has 1 unspecified atom stereocenters. The maximum absolute atomic E-state index is 3.85. The molecule has 0 bridgehead atoms. The summed E-state index contributed by atoms with van der Waals surface area (Å²) in [6, 6.07) is 0. The van der Waals surface area contributed by atoms with Gasteiger partial charge in [-0.1, -0.05) is 23.8 Å². The summed E-state index contributed by atoms with van der Waals surface area (Å²) in [5, 5.41) is 0. The normalized spacial score (nSPS) is 27.2. The van der Waals surface area contributed by atoms with Crippen LogP contribution in [-0.2, 0) is 0 Å². The van der Waals surface area contributed by atoms with Crippen LogP contribution in [0.3, 0.4) is 0 Å². The molecule has 0 radical (unpaired) electrons. The fourth-order valence-electron chi connectivity index (χ4n) is 2.59. The van der Waals surface area contributed by atoms with E-state index in [0.717, 1.165) is 5.92 Å². The molecule has 1 atom stereocenters. The van der Waals surface area contributed by atoms with Gasteiger partial charge in [-0.3, -0.25) is 0 Å². The maximum atomic E-state index is 3.85. The summed E-state index contributed by atoms with van der Waals surface area (Å²) in [5.74, 6) is 0.790. The van der Waals surface area contributed by atoms with Crippen LogP contribution in [0, 0.1) is 5.92 Å². The van der Waals surface area contributed by atoms with Crippen molar-refractivity contribution in [3.8, 4) is 0 Å². The highest BCUT2D eigenvalue weighted by atomic mass is 14.3. The molecule has 0 aromatic heterocycles. The molecule has 70 valence electrons. The zero-order valence-corrected chi connectivity index (χ0v) is 8.26. The van der Waals surface area contributed by atoms with Crippen LogP contribution in [0.25, 0.3) is 0 Å². The number of allylic oxidation sites excluding steroid dienone is 5. The molecule has 0 saturated carbocycles. The van der Waals surface area contributed by atoms with E-state index >= 15 is 0 Å². The first-order valence-electron chi connectivity index (χ1n) is 5.41. The lowest BCUT2D eigenvalue weighted by molar-refractivity contribution is 0.500. The lowest BCUT2D eigenvalue weighted by Crippen LogP contribution is -2.12. The van der Waals surface area contributed by atoms with Gasteiger partial charge in [0, 0.05) is 0 Å². The largest absolute Gasteiger partial charge is 0.103 e. The van der Waals surface area contributed by atoms with Gasteiger partial charge in [-0.2, -0.15) is 0 Å². The van der Waals surface area contributed by atoms with Crippen LogP contribution in [0.15, 0.2) is 36.0 Å². The van der Waals surface area contributed by atoms with Crippen molar-refractivity contribution in [3.63, 3.8) is 0 Å². The smallest absolute Gasteiger partial charge is 0.0128 e. The van der Waals surface area contributed by atoms with Crippen LogP contribution in [0.2, 0.25) is 0 Å². The van der Waals surface area contributed by atoms with E-state index in [1.54, 1.807) is 11.1 Å². The van der Waals surface area contributed by atoms with E-state index < -0.39 is 0 Å². The quantitative estimate of drug-likeness (QED) is 0.555. The second kappa shape index (κ2) is 3.95. The van der Waals surface area contributed by atoms with Gasteiger partial charge in [0.1, 0.15) is 0 Å². The molecule has 0 heteroatoms. The Morgan fingerprint density at radius 1 is 1.46 bits per heavy atom. The first-order valence-corrected chi connectivity index (χ1v) is 5.41. The fourth-order valence-corrected chi connectivity index (χ4v) is 2.59. The number of rotatable bonds is 2. The van der Waals surface area contributed by atoms with E-state index in [0.29, 0.717) is 0 Å². The second-order valence-electron chi connectivity index (χ2n) is 4.11. The van der Waals surface area contributed by atoms with Gasteiger partial charge in [-0.25, -0.2) is 0 Å². The first kappa shape index (κ1) is 8.80. The molecular weight excluding hydrogens is 156 g/mol. The van der Waals surface area contributed by atoms with Crippen LogP contribution in [0.1, 0.15) is 38.5 Å². The van der Waals surface area contributed by atoms with E-state index in [1.165, 1.54) is 38.5 Å². The molecule has 0 aromatic carbocycles. The summed E-state index contributed by atoms with van der Waals surface area (Å²) in [6.45, 7) is 3.85. The van der Waals surface area contributed by atoms with Crippen molar-refractivity contribution >= 4 is 0 Å². The number of hydrogen-bond donors (Lipinski definition) is 0. The molecule has 2 aliphatic rings. The topological polar surface area (TPSA) is 0 Å². The average Bonchev–Trinajstić information content (AvgIpc) is 2.19. The van der Waals surface area contributed by atoms with E-state index in [1.807, 2.05) is 0 Å². The van der Waals surface area contributed by atoms with Gasteiger partial charge in [0.25, 0.3) is 0 Å². The molecule has 0 N–H and O–H groups in total. The predicted molar refractivity (Wildman–Crippen MR) is 57.6 cm³/mol. The molecule has 2 rings (SSSR count). The van der Waals surface area contributed by atoms with Crippen molar-refractivity contribution in [2.75, 3.05) is 0 Å². The van der Waals surface area contributed by atoms with Crippen molar-refractivity contribution in [2.24, 2.45) is 5.92 Å². The highest BCUT2D eigenvalue weighted by molar-refractivity contribution is 5.33. The molecule has 0 nitrogen and oxygen atoms in total. The summed E-state index contributed by atoms with van der Waals surface area (Å²) in [7, 11) is 0. The summed E-state index contributed by atoms with van der Waals surface area (Å²) >= 11 is 0. The van der Waals surface area contributed by atoms with Gasteiger partial charge in [0.15, 0.2) is 0 Å². The van der Waals surface area contributed by atoms with Gasteiger partial charge in [0.05, 0.1) is 0 Å². The van der Waals surface area contributed by atoms with Gasteiger partial charge >= 0.3 is 0 Å². The Morgan fingerprint density at radius 3 is 3.23 bits per heavy atom. The summed E-state index contributed by atoms with van der Waals surface area (Å²) in [6.07, 6.45) is 14.6. The van der Waals surface area contributed by atoms with Crippen molar-refractivity contribution in [3.05, 3.63) is 36.0 Å². The van der Waals surface area contributed by atoms with Gasteiger partial charge in [-0.15, -0.1) is 6.58 Å². The third kappa shape index (κ3) is 1.77. The minimum atomic E-state index is 0.790. The van der Waals surface area contributed by atoms with Crippen LogP contribution in [0.4, 0.5) is 0 Å². The van der Waals surface area contributed by atoms with E-state index in [9.17, 15) is 0 Å². The molecular formula is C13H18. The van der Waals surface area contributed by atoms with Crippen LogP contribution < -0.4 is 0 Å². The third-order valence-corrected chi connectivity index (χ3v) is 3.24. The minimum Gasteiger partial charge on any atom is -0.103 e. The Labute approximate surface area is 81.0 Å². The summed E-state index contributed by atoms with van der Waals surface area (Å²) in [4.78, 5) is 0. The van der Waals surface area contributed by atoms with Crippen molar-refractivity contribution in [1.82, 2.24) is 0 Å². The molecule has 13 heavy (non-hydrogen) atoms. The zero-order valence-electron chi connectivity index (χ0n) is 8.26. The Bertz CT molecular complexity index is 255. The molecule has 0 spiro atoms. The molecule has 0 aliphatic heterocycles. The fraction of sp³-hybridized carbons (Fsp3) is 0.538. The summed E-state index contributed by atoms with van der Waals surface area (Å²) < 4.78 is 0. The van der Waals surface area contributed by atoms with Crippen molar-refractivity contribution in [2.45, 2.75) is 38.5 Å². The minimum absolute atomic E-state index is 0.790.